The molecule has 0 aliphatic rings. The van der Waals surface area contributed by atoms with E-state index in [0.717, 1.165) is 22.6 Å². The minimum Gasteiger partial charge on any atom is -0.351 e. The molecule has 0 radical (unpaired) electrons. The maximum atomic E-state index is 12.0. The van der Waals surface area contributed by atoms with E-state index in [1.807, 2.05) is 31.2 Å². The van der Waals surface area contributed by atoms with E-state index in [4.69, 9.17) is 16.1 Å². The summed E-state index contributed by atoms with van der Waals surface area (Å²) in [7, 11) is 0. The summed E-state index contributed by atoms with van der Waals surface area (Å²) in [5.74, 6) is 1.35. The Morgan fingerprint density at radius 3 is 2.69 bits per heavy atom. The molecular formula is C18H17ClN4O2S. The van der Waals surface area contributed by atoms with Crippen LogP contribution in [0.1, 0.15) is 18.3 Å². The Balaban J connectivity index is 1.48. The molecule has 1 N–H and O–H groups in total. The Hall–Kier alpha value is -2.38. The van der Waals surface area contributed by atoms with Crippen molar-refractivity contribution in [3.05, 3.63) is 59.0 Å². The van der Waals surface area contributed by atoms with Gasteiger partial charge < -0.3 is 9.84 Å². The molecule has 0 saturated carbocycles. The monoisotopic (exact) mass is 388 g/mol. The second-order valence-electron chi connectivity index (χ2n) is 5.45. The largest absolute Gasteiger partial charge is 0.351 e. The zero-order valence-electron chi connectivity index (χ0n) is 14.1. The van der Waals surface area contributed by atoms with Gasteiger partial charge in [-0.1, -0.05) is 47.6 Å². The highest BCUT2D eigenvalue weighted by Crippen LogP contribution is 2.20. The first-order valence-electron chi connectivity index (χ1n) is 8.07. The Bertz CT molecular complexity index is 866. The second kappa shape index (κ2) is 8.82. The second-order valence-corrected chi connectivity index (χ2v) is 6.88. The van der Waals surface area contributed by atoms with Crippen molar-refractivity contribution in [3.8, 4) is 11.5 Å². The van der Waals surface area contributed by atoms with Crippen molar-refractivity contribution in [2.24, 2.45) is 0 Å². The number of hydrogen-bond donors (Lipinski definition) is 1. The third-order valence-corrected chi connectivity index (χ3v) is 4.72. The molecule has 8 heteroatoms. The van der Waals surface area contributed by atoms with Crippen molar-refractivity contribution in [2.45, 2.75) is 24.9 Å². The smallest absolute Gasteiger partial charge is 0.259 e. The Labute approximate surface area is 160 Å². The Kier molecular flexibility index (Phi) is 6.25. The van der Waals surface area contributed by atoms with Gasteiger partial charge in [0.05, 0.1) is 16.3 Å². The van der Waals surface area contributed by atoms with Crippen LogP contribution in [0.2, 0.25) is 5.02 Å². The molecule has 3 rings (SSSR count). The first kappa shape index (κ1) is 18.4. The van der Waals surface area contributed by atoms with Gasteiger partial charge in [0.15, 0.2) is 5.82 Å². The van der Waals surface area contributed by atoms with Gasteiger partial charge in [-0.3, -0.25) is 4.79 Å². The number of aryl methyl sites for hydroxylation is 1. The SMILES string of the molecule is CCc1noc(-c2ccc(SCC(=O)NCc3ccc(Cl)cc3)nc2)n1. The predicted octanol–water partition coefficient (Wildman–Crippen LogP) is 3.76. The number of nitrogens with one attached hydrogen (secondary N) is 1. The van der Waals surface area contributed by atoms with Crippen LogP contribution in [-0.4, -0.2) is 26.8 Å². The zero-order valence-corrected chi connectivity index (χ0v) is 15.7. The average molecular weight is 389 g/mol. The van der Waals surface area contributed by atoms with E-state index in [1.54, 1.807) is 18.3 Å². The lowest BCUT2D eigenvalue weighted by atomic mass is 10.2. The lowest BCUT2D eigenvalue weighted by Gasteiger charge is -2.05. The zero-order chi connectivity index (χ0) is 18.4. The van der Waals surface area contributed by atoms with E-state index in [2.05, 4.69) is 20.4 Å². The number of nitrogens with zero attached hydrogens (tertiary/aromatic N) is 3. The van der Waals surface area contributed by atoms with Crippen LogP contribution in [0, 0.1) is 0 Å². The van der Waals surface area contributed by atoms with E-state index in [-0.39, 0.29) is 5.91 Å². The molecule has 0 aliphatic carbocycles. The van der Waals surface area contributed by atoms with Crippen LogP contribution < -0.4 is 5.32 Å². The summed E-state index contributed by atoms with van der Waals surface area (Å²) in [6, 6.07) is 11.1. The van der Waals surface area contributed by atoms with Crippen molar-refractivity contribution < 1.29 is 9.32 Å². The van der Waals surface area contributed by atoms with Crippen LogP contribution in [0.4, 0.5) is 0 Å². The Morgan fingerprint density at radius 2 is 2.04 bits per heavy atom. The lowest BCUT2D eigenvalue weighted by Crippen LogP contribution is -2.24. The van der Waals surface area contributed by atoms with Crippen LogP contribution in [0.25, 0.3) is 11.5 Å². The van der Waals surface area contributed by atoms with E-state index >= 15 is 0 Å². The van der Waals surface area contributed by atoms with Crippen molar-refractivity contribution >= 4 is 29.3 Å². The molecule has 2 heterocycles. The normalized spacial score (nSPS) is 10.7. The average Bonchev–Trinajstić information content (AvgIpc) is 3.15. The van der Waals surface area contributed by atoms with Crippen molar-refractivity contribution in [1.29, 1.82) is 0 Å². The quantitative estimate of drug-likeness (QED) is 0.621. The molecule has 6 nitrogen and oxygen atoms in total. The Morgan fingerprint density at radius 1 is 1.23 bits per heavy atom. The molecule has 0 saturated heterocycles. The first-order chi connectivity index (χ1) is 12.6. The van der Waals surface area contributed by atoms with Crippen LogP contribution in [0.5, 0.6) is 0 Å². The van der Waals surface area contributed by atoms with Crippen molar-refractivity contribution in [1.82, 2.24) is 20.4 Å². The summed E-state index contributed by atoms with van der Waals surface area (Å²) in [4.78, 5) is 20.6. The fourth-order valence-electron chi connectivity index (χ4n) is 2.10. The minimum absolute atomic E-state index is 0.0553. The highest BCUT2D eigenvalue weighted by atomic mass is 35.5. The van der Waals surface area contributed by atoms with Gasteiger partial charge in [0.1, 0.15) is 0 Å². The molecular weight excluding hydrogens is 372 g/mol. The molecule has 1 aromatic carbocycles. The summed E-state index contributed by atoms with van der Waals surface area (Å²) in [5.41, 5.74) is 1.76. The topological polar surface area (TPSA) is 80.9 Å². The van der Waals surface area contributed by atoms with Gasteiger partial charge in [-0.2, -0.15) is 4.98 Å². The van der Waals surface area contributed by atoms with Crippen LogP contribution in [-0.2, 0) is 17.8 Å². The summed E-state index contributed by atoms with van der Waals surface area (Å²) >= 11 is 7.21. The number of rotatable bonds is 7. The number of hydrogen-bond acceptors (Lipinski definition) is 6. The summed E-state index contributed by atoms with van der Waals surface area (Å²) < 4.78 is 5.18. The molecule has 0 bridgehead atoms. The van der Waals surface area contributed by atoms with Gasteiger partial charge in [-0.05, 0) is 29.8 Å². The molecule has 0 unspecified atom stereocenters. The molecule has 3 aromatic rings. The fourth-order valence-corrected chi connectivity index (χ4v) is 2.90. The van der Waals surface area contributed by atoms with Gasteiger partial charge in [0, 0.05) is 24.2 Å². The number of thioether (sulfide) groups is 1. The number of carbonyl (C=O) groups excluding carboxylic acids is 1. The van der Waals surface area contributed by atoms with E-state index < -0.39 is 0 Å². The molecule has 134 valence electrons. The fraction of sp³-hybridized carbons (Fsp3) is 0.222. The molecule has 0 atom stereocenters. The van der Waals surface area contributed by atoms with Gasteiger partial charge in [-0.15, -0.1) is 0 Å². The van der Waals surface area contributed by atoms with E-state index in [0.29, 0.717) is 29.0 Å². The summed E-state index contributed by atoms with van der Waals surface area (Å²) in [6.07, 6.45) is 2.39. The van der Waals surface area contributed by atoms with Crippen LogP contribution in [0.3, 0.4) is 0 Å². The highest BCUT2D eigenvalue weighted by Gasteiger charge is 2.09. The number of amides is 1. The summed E-state index contributed by atoms with van der Waals surface area (Å²) in [5, 5.41) is 8.17. The predicted molar refractivity (Wildman–Crippen MR) is 101 cm³/mol. The molecule has 0 spiro atoms. The maximum Gasteiger partial charge on any atom is 0.259 e. The number of aromatic nitrogens is 3. The van der Waals surface area contributed by atoms with Crippen molar-refractivity contribution in [3.63, 3.8) is 0 Å². The number of halogens is 1. The van der Waals surface area contributed by atoms with Gasteiger partial charge in [0.25, 0.3) is 5.89 Å². The molecule has 0 aliphatic heterocycles. The standard InChI is InChI=1S/C18H17ClN4O2S/c1-2-15-22-18(25-23-15)13-5-8-17(21-10-13)26-11-16(24)20-9-12-3-6-14(19)7-4-12/h3-8,10H,2,9,11H2,1H3,(H,20,24). The summed E-state index contributed by atoms with van der Waals surface area (Å²) in [6.45, 7) is 2.43. The lowest BCUT2D eigenvalue weighted by molar-refractivity contribution is -0.118. The van der Waals surface area contributed by atoms with Crippen LogP contribution >= 0.6 is 23.4 Å². The van der Waals surface area contributed by atoms with E-state index in [9.17, 15) is 4.79 Å². The number of pyridine rings is 1. The molecule has 26 heavy (non-hydrogen) atoms. The third kappa shape index (κ3) is 5.06. The molecule has 0 fully saturated rings. The van der Waals surface area contributed by atoms with Crippen LogP contribution in [0.15, 0.2) is 52.1 Å². The van der Waals surface area contributed by atoms with E-state index in [1.165, 1.54) is 11.8 Å². The van der Waals surface area contributed by atoms with Gasteiger partial charge in [-0.25, -0.2) is 4.98 Å². The third-order valence-electron chi connectivity index (χ3n) is 3.52. The molecule has 2 aromatic heterocycles. The minimum atomic E-state index is -0.0553. The maximum absolute atomic E-state index is 12.0. The number of carbonyl (C=O) groups is 1. The van der Waals surface area contributed by atoms with Crippen molar-refractivity contribution in [2.75, 3.05) is 5.75 Å². The number of benzene rings is 1. The van der Waals surface area contributed by atoms with Gasteiger partial charge >= 0.3 is 0 Å². The van der Waals surface area contributed by atoms with Gasteiger partial charge in [0.2, 0.25) is 5.91 Å². The first-order valence-corrected chi connectivity index (χ1v) is 9.43. The molecule has 1 amide bonds. The highest BCUT2D eigenvalue weighted by molar-refractivity contribution is 7.99.